The van der Waals surface area contributed by atoms with E-state index < -0.39 is 10.0 Å². The molecule has 1 fully saturated rings. The Morgan fingerprint density at radius 1 is 1.50 bits per heavy atom. The van der Waals surface area contributed by atoms with E-state index in [2.05, 4.69) is 10.4 Å². The highest BCUT2D eigenvalue weighted by Crippen LogP contribution is 2.35. The number of aromatic nitrogens is 1. The summed E-state index contributed by atoms with van der Waals surface area (Å²) in [7, 11) is -3.56. The van der Waals surface area contributed by atoms with E-state index in [0.717, 1.165) is 12.8 Å². The molecule has 1 aliphatic rings. The van der Waals surface area contributed by atoms with Crippen LogP contribution in [-0.2, 0) is 10.0 Å². The summed E-state index contributed by atoms with van der Waals surface area (Å²) in [6, 6.07) is 1.55. The number of nitrogens with two attached hydrogens (primary N) is 1. The summed E-state index contributed by atoms with van der Waals surface area (Å²) in [5, 5.41) is 0. The minimum absolute atomic E-state index is 0.127. The number of anilines is 1. The Morgan fingerprint density at radius 2 is 2.22 bits per heavy atom. The van der Waals surface area contributed by atoms with Gasteiger partial charge in [-0.3, -0.25) is 10.8 Å². The highest BCUT2D eigenvalue weighted by atomic mass is 32.2. The third-order valence-electron chi connectivity index (χ3n) is 3.33. The maximum Gasteiger partial charge on any atom is 0.247 e. The fraction of sp³-hybridized carbons (Fsp3) is 0.545. The first-order chi connectivity index (χ1) is 8.39. The van der Waals surface area contributed by atoms with Crippen LogP contribution in [0.25, 0.3) is 0 Å². The Kier molecular flexibility index (Phi) is 3.31. The zero-order valence-corrected chi connectivity index (χ0v) is 11.4. The van der Waals surface area contributed by atoms with Gasteiger partial charge >= 0.3 is 0 Å². The number of hydrazine groups is 1. The minimum Gasteiger partial charge on any atom is -0.323 e. The molecule has 0 aliphatic carbocycles. The van der Waals surface area contributed by atoms with Gasteiger partial charge in [-0.05, 0) is 32.8 Å². The van der Waals surface area contributed by atoms with Crippen molar-refractivity contribution < 1.29 is 8.42 Å². The molecule has 0 radical (unpaired) electrons. The van der Waals surface area contributed by atoms with Gasteiger partial charge < -0.3 is 5.43 Å². The number of nitrogens with zero attached hydrogens (tertiary/aromatic N) is 2. The molecule has 2 rings (SSSR count). The molecule has 0 atom stereocenters. The number of hydrogen-bond donors (Lipinski definition) is 2. The second kappa shape index (κ2) is 4.49. The molecule has 0 spiro atoms. The first-order valence-corrected chi connectivity index (χ1v) is 7.27. The Bertz CT molecular complexity index is 542. The molecular formula is C11H18N4O2S. The van der Waals surface area contributed by atoms with Gasteiger partial charge in [0.2, 0.25) is 10.0 Å². The predicted molar refractivity (Wildman–Crippen MR) is 69.3 cm³/mol. The Labute approximate surface area is 107 Å². The summed E-state index contributed by atoms with van der Waals surface area (Å²) in [6.07, 6.45) is 4.57. The van der Waals surface area contributed by atoms with E-state index in [1.54, 1.807) is 6.07 Å². The average Bonchev–Trinajstić information content (AvgIpc) is 2.69. The molecule has 0 bridgehead atoms. The van der Waals surface area contributed by atoms with Gasteiger partial charge in [-0.2, -0.15) is 4.31 Å². The van der Waals surface area contributed by atoms with E-state index in [0.29, 0.717) is 12.2 Å². The molecule has 0 saturated carbocycles. The summed E-state index contributed by atoms with van der Waals surface area (Å²) in [5.74, 6) is 5.35. The summed E-state index contributed by atoms with van der Waals surface area (Å²) >= 11 is 0. The van der Waals surface area contributed by atoms with Crippen molar-refractivity contribution in [2.24, 2.45) is 5.84 Å². The highest BCUT2D eigenvalue weighted by molar-refractivity contribution is 7.89. The molecule has 1 aromatic heterocycles. The number of nitrogen functional groups attached to an aromatic ring is 1. The van der Waals surface area contributed by atoms with Crippen molar-refractivity contribution in [3.63, 3.8) is 0 Å². The lowest BCUT2D eigenvalue weighted by Gasteiger charge is -2.30. The van der Waals surface area contributed by atoms with Gasteiger partial charge in [-0.15, -0.1) is 0 Å². The zero-order valence-electron chi connectivity index (χ0n) is 10.5. The van der Waals surface area contributed by atoms with Gasteiger partial charge in [0.25, 0.3) is 0 Å². The summed E-state index contributed by atoms with van der Waals surface area (Å²) in [4.78, 5) is 4.00. The molecule has 1 aliphatic heterocycles. The van der Waals surface area contributed by atoms with Crippen LogP contribution >= 0.6 is 0 Å². The lowest BCUT2D eigenvalue weighted by atomic mass is 10.0. The molecule has 6 nitrogen and oxygen atoms in total. The number of nitrogens with one attached hydrogen (secondary N) is 1. The van der Waals surface area contributed by atoms with E-state index in [1.807, 2.05) is 13.8 Å². The van der Waals surface area contributed by atoms with Gasteiger partial charge in [-0.1, -0.05) is 0 Å². The van der Waals surface area contributed by atoms with Crippen LogP contribution < -0.4 is 11.3 Å². The van der Waals surface area contributed by atoms with Crippen LogP contribution in [0.5, 0.6) is 0 Å². The average molecular weight is 270 g/mol. The lowest BCUT2D eigenvalue weighted by Crippen LogP contribution is -2.42. The van der Waals surface area contributed by atoms with Crippen LogP contribution in [0.1, 0.15) is 26.7 Å². The number of rotatable bonds is 3. The van der Waals surface area contributed by atoms with Crippen LogP contribution in [0, 0.1) is 0 Å². The van der Waals surface area contributed by atoms with E-state index in [4.69, 9.17) is 5.84 Å². The predicted octanol–water partition coefficient (Wildman–Crippen LogP) is 0.930. The molecule has 0 amide bonds. The second-order valence-corrected chi connectivity index (χ2v) is 6.84. The third kappa shape index (κ3) is 2.09. The van der Waals surface area contributed by atoms with Gasteiger partial charge in [0.15, 0.2) is 0 Å². The standard InChI is InChI=1S/C11H18N4O2S/c1-11(2)5-3-7-15(11)18(16,17)10-8-13-6-4-9(10)14-12/h4,6,8H,3,5,7,12H2,1-2H3,(H,13,14). The molecule has 0 unspecified atom stereocenters. The van der Waals surface area contributed by atoms with Crippen molar-refractivity contribution in [1.82, 2.24) is 9.29 Å². The summed E-state index contributed by atoms with van der Waals surface area (Å²) in [6.45, 7) is 4.40. The van der Waals surface area contributed by atoms with Crippen molar-refractivity contribution in [2.75, 3.05) is 12.0 Å². The molecule has 18 heavy (non-hydrogen) atoms. The third-order valence-corrected chi connectivity index (χ3v) is 5.47. The number of pyridine rings is 1. The SMILES string of the molecule is CC1(C)CCCN1S(=O)(=O)c1cnccc1NN. The monoisotopic (exact) mass is 270 g/mol. The maximum atomic E-state index is 12.6. The van der Waals surface area contributed by atoms with E-state index in [-0.39, 0.29) is 10.4 Å². The van der Waals surface area contributed by atoms with E-state index in [9.17, 15) is 8.42 Å². The number of hydrogen-bond acceptors (Lipinski definition) is 5. The van der Waals surface area contributed by atoms with E-state index >= 15 is 0 Å². The molecule has 1 saturated heterocycles. The molecule has 2 heterocycles. The fourth-order valence-electron chi connectivity index (χ4n) is 2.35. The van der Waals surface area contributed by atoms with Crippen LogP contribution in [0.3, 0.4) is 0 Å². The zero-order chi connectivity index (χ0) is 13.4. The van der Waals surface area contributed by atoms with Crippen molar-refractivity contribution in [2.45, 2.75) is 37.1 Å². The summed E-state index contributed by atoms with van der Waals surface area (Å²) in [5.41, 5.74) is 2.41. The highest BCUT2D eigenvalue weighted by Gasteiger charge is 2.41. The summed E-state index contributed by atoms with van der Waals surface area (Å²) < 4.78 is 26.8. The van der Waals surface area contributed by atoms with Crippen molar-refractivity contribution in [3.8, 4) is 0 Å². The first kappa shape index (κ1) is 13.3. The molecule has 1 aromatic rings. The molecule has 100 valence electrons. The topological polar surface area (TPSA) is 88.3 Å². The first-order valence-electron chi connectivity index (χ1n) is 5.83. The van der Waals surface area contributed by atoms with Crippen LogP contribution in [0.4, 0.5) is 5.69 Å². The number of sulfonamides is 1. The Morgan fingerprint density at radius 3 is 2.78 bits per heavy atom. The van der Waals surface area contributed by atoms with Crippen molar-refractivity contribution in [3.05, 3.63) is 18.5 Å². The molecular weight excluding hydrogens is 252 g/mol. The fourth-order valence-corrected chi connectivity index (χ4v) is 4.30. The Balaban J connectivity index is 2.49. The Hall–Kier alpha value is -1.18. The van der Waals surface area contributed by atoms with Crippen molar-refractivity contribution >= 4 is 15.7 Å². The molecule has 7 heteroatoms. The van der Waals surface area contributed by atoms with Crippen LogP contribution in [-0.4, -0.2) is 29.8 Å². The minimum atomic E-state index is -3.56. The van der Waals surface area contributed by atoms with E-state index in [1.165, 1.54) is 16.7 Å². The van der Waals surface area contributed by atoms with Gasteiger partial charge in [0.1, 0.15) is 4.90 Å². The molecule has 3 N–H and O–H groups in total. The van der Waals surface area contributed by atoms with Crippen molar-refractivity contribution in [1.29, 1.82) is 0 Å². The largest absolute Gasteiger partial charge is 0.323 e. The van der Waals surface area contributed by atoms with Gasteiger partial charge in [0.05, 0.1) is 5.69 Å². The van der Waals surface area contributed by atoms with Gasteiger partial charge in [0, 0.05) is 24.5 Å². The normalized spacial score (nSPS) is 19.9. The molecule has 0 aromatic carbocycles. The maximum absolute atomic E-state index is 12.6. The van der Waals surface area contributed by atoms with Crippen LogP contribution in [0.2, 0.25) is 0 Å². The smallest absolute Gasteiger partial charge is 0.247 e. The van der Waals surface area contributed by atoms with Gasteiger partial charge in [-0.25, -0.2) is 8.42 Å². The quantitative estimate of drug-likeness (QED) is 0.630. The second-order valence-electron chi connectivity index (χ2n) is 5.01. The van der Waals surface area contributed by atoms with Crippen LogP contribution in [0.15, 0.2) is 23.4 Å². The lowest BCUT2D eigenvalue weighted by molar-refractivity contribution is 0.292.